The highest BCUT2D eigenvalue weighted by Gasteiger charge is 2.33. The molecule has 0 aromatic heterocycles. The first-order chi connectivity index (χ1) is 13.3. The van der Waals surface area contributed by atoms with Crippen molar-refractivity contribution in [3.63, 3.8) is 0 Å². The second-order valence-electron chi connectivity index (χ2n) is 6.80. The van der Waals surface area contributed by atoms with E-state index in [0.717, 1.165) is 32.5 Å². The van der Waals surface area contributed by atoms with Crippen molar-refractivity contribution < 1.29 is 22.7 Å². The first-order valence-electron chi connectivity index (χ1n) is 9.02. The van der Waals surface area contributed by atoms with E-state index in [1.165, 1.54) is 17.7 Å². The van der Waals surface area contributed by atoms with E-state index in [9.17, 15) is 18.0 Å². The zero-order valence-corrected chi connectivity index (χ0v) is 15.2. The van der Waals surface area contributed by atoms with Crippen molar-refractivity contribution in [2.45, 2.75) is 31.8 Å². The minimum atomic E-state index is -4.90. The topological polar surface area (TPSA) is 67.6 Å². The average molecular weight is 393 g/mol. The molecular formula is C20H22F3N3O2. The number of amides is 1. The van der Waals surface area contributed by atoms with Crippen molar-refractivity contribution >= 4 is 11.6 Å². The molecule has 150 valence electrons. The van der Waals surface area contributed by atoms with Gasteiger partial charge in [-0.1, -0.05) is 30.3 Å². The van der Waals surface area contributed by atoms with Gasteiger partial charge in [-0.2, -0.15) is 0 Å². The summed E-state index contributed by atoms with van der Waals surface area (Å²) in [5.41, 5.74) is 6.55. The molecule has 0 spiro atoms. The van der Waals surface area contributed by atoms with Crippen LogP contribution >= 0.6 is 0 Å². The van der Waals surface area contributed by atoms with Crippen LogP contribution in [0.2, 0.25) is 0 Å². The van der Waals surface area contributed by atoms with E-state index in [0.29, 0.717) is 5.69 Å². The molecule has 0 radical (unpaired) electrons. The number of benzene rings is 2. The number of anilines is 1. The lowest BCUT2D eigenvalue weighted by molar-refractivity contribution is -0.274. The van der Waals surface area contributed by atoms with Crippen molar-refractivity contribution in [3.05, 3.63) is 59.7 Å². The highest BCUT2D eigenvalue weighted by Crippen LogP contribution is 2.30. The van der Waals surface area contributed by atoms with Crippen LogP contribution in [0.5, 0.6) is 5.75 Å². The fourth-order valence-corrected chi connectivity index (χ4v) is 3.34. The minimum Gasteiger partial charge on any atom is -0.405 e. The Hall–Kier alpha value is -2.74. The number of rotatable bonds is 6. The molecule has 2 aromatic carbocycles. The molecule has 5 nitrogen and oxygen atoms in total. The highest BCUT2D eigenvalue weighted by molar-refractivity contribution is 5.96. The van der Waals surface area contributed by atoms with Crippen LogP contribution < -0.4 is 15.8 Å². The van der Waals surface area contributed by atoms with E-state index in [1.807, 2.05) is 18.2 Å². The summed E-state index contributed by atoms with van der Waals surface area (Å²) < 4.78 is 41.7. The number of carbonyl (C=O) groups is 1. The third-order valence-electron chi connectivity index (χ3n) is 4.68. The number of carbonyl (C=O) groups excluding carboxylic acids is 1. The first kappa shape index (κ1) is 20.0. The second kappa shape index (κ2) is 8.52. The summed E-state index contributed by atoms with van der Waals surface area (Å²) in [5, 5.41) is 3.23. The van der Waals surface area contributed by atoms with E-state index in [2.05, 4.69) is 27.1 Å². The van der Waals surface area contributed by atoms with E-state index in [-0.39, 0.29) is 11.6 Å². The molecule has 1 amide bonds. The first-order valence-corrected chi connectivity index (χ1v) is 9.02. The number of nitrogens with two attached hydrogens (primary N) is 1. The molecule has 2 aromatic rings. The molecule has 0 bridgehead atoms. The van der Waals surface area contributed by atoms with Crippen LogP contribution in [0.15, 0.2) is 48.5 Å². The average Bonchev–Trinajstić information content (AvgIpc) is 2.63. The van der Waals surface area contributed by atoms with Gasteiger partial charge in [0.2, 0.25) is 0 Å². The number of ether oxygens (including phenoxy) is 1. The molecule has 3 N–H and O–H groups in total. The van der Waals surface area contributed by atoms with Crippen molar-refractivity contribution in [3.8, 4) is 5.75 Å². The van der Waals surface area contributed by atoms with Crippen LogP contribution in [-0.4, -0.2) is 36.3 Å². The summed E-state index contributed by atoms with van der Waals surface area (Å²) in [7, 11) is 0. The van der Waals surface area contributed by atoms with Gasteiger partial charge in [0.15, 0.2) is 0 Å². The zero-order valence-electron chi connectivity index (χ0n) is 15.2. The van der Waals surface area contributed by atoms with Gasteiger partial charge in [-0.15, -0.1) is 13.2 Å². The maximum atomic E-state index is 12.6. The van der Waals surface area contributed by atoms with Crippen LogP contribution in [0, 0.1) is 0 Å². The largest absolute Gasteiger partial charge is 0.573 e. The standard InChI is InChI=1S/C20H22F3N3O2/c21-20(22,23)28-18-12-16(6-7-17(18)19(24)27)25-15-8-10-26(11-9-15)13-14-4-2-1-3-5-14/h1-7,12,15,25H,8-11,13H2,(H2,24,27). The van der Waals surface area contributed by atoms with Gasteiger partial charge in [0.1, 0.15) is 5.75 Å². The lowest BCUT2D eigenvalue weighted by Gasteiger charge is -2.33. The van der Waals surface area contributed by atoms with E-state index < -0.39 is 18.0 Å². The molecule has 1 saturated heterocycles. The molecule has 1 heterocycles. The van der Waals surface area contributed by atoms with E-state index in [1.54, 1.807) is 6.07 Å². The number of hydrogen-bond acceptors (Lipinski definition) is 4. The molecule has 0 atom stereocenters. The van der Waals surface area contributed by atoms with Crippen LogP contribution in [0.1, 0.15) is 28.8 Å². The van der Waals surface area contributed by atoms with Gasteiger partial charge in [0.25, 0.3) is 5.91 Å². The fourth-order valence-electron chi connectivity index (χ4n) is 3.34. The number of primary amides is 1. The molecular weight excluding hydrogens is 371 g/mol. The number of halogens is 3. The Kier molecular flexibility index (Phi) is 6.08. The SMILES string of the molecule is NC(=O)c1ccc(NC2CCN(Cc3ccccc3)CC2)cc1OC(F)(F)F. The van der Waals surface area contributed by atoms with Gasteiger partial charge in [0.05, 0.1) is 5.56 Å². The maximum absolute atomic E-state index is 12.6. The predicted molar refractivity (Wildman–Crippen MR) is 100 cm³/mol. The van der Waals surface area contributed by atoms with Gasteiger partial charge >= 0.3 is 6.36 Å². The summed E-state index contributed by atoms with van der Waals surface area (Å²) >= 11 is 0. The predicted octanol–water partition coefficient (Wildman–Crippen LogP) is 3.76. The van der Waals surface area contributed by atoms with Gasteiger partial charge < -0.3 is 15.8 Å². The fraction of sp³-hybridized carbons (Fsp3) is 0.350. The van der Waals surface area contributed by atoms with Crippen LogP contribution in [0.3, 0.4) is 0 Å². The Morgan fingerprint density at radius 2 is 1.82 bits per heavy atom. The Morgan fingerprint density at radius 1 is 1.14 bits per heavy atom. The quantitative estimate of drug-likeness (QED) is 0.784. The van der Waals surface area contributed by atoms with Crippen molar-refractivity contribution in [1.82, 2.24) is 4.90 Å². The third kappa shape index (κ3) is 5.63. The number of likely N-dealkylation sites (tertiary alicyclic amines) is 1. The van der Waals surface area contributed by atoms with E-state index >= 15 is 0 Å². The van der Waals surface area contributed by atoms with Gasteiger partial charge in [-0.25, -0.2) is 0 Å². The molecule has 0 saturated carbocycles. The summed E-state index contributed by atoms with van der Waals surface area (Å²) in [6.07, 6.45) is -3.18. The smallest absolute Gasteiger partial charge is 0.405 e. The summed E-state index contributed by atoms with van der Waals surface area (Å²) in [4.78, 5) is 13.7. The normalized spacial score (nSPS) is 16.0. The molecule has 0 unspecified atom stereocenters. The van der Waals surface area contributed by atoms with Crippen molar-refractivity contribution in [2.24, 2.45) is 5.73 Å². The van der Waals surface area contributed by atoms with Gasteiger partial charge in [-0.3, -0.25) is 9.69 Å². The Bertz CT molecular complexity index is 804. The minimum absolute atomic E-state index is 0.130. The summed E-state index contributed by atoms with van der Waals surface area (Å²) in [5.74, 6) is -1.56. The summed E-state index contributed by atoms with van der Waals surface area (Å²) in [6, 6.07) is 14.3. The monoisotopic (exact) mass is 393 g/mol. The molecule has 8 heteroatoms. The lowest BCUT2D eigenvalue weighted by atomic mass is 10.0. The zero-order chi connectivity index (χ0) is 20.1. The Morgan fingerprint density at radius 3 is 2.43 bits per heavy atom. The number of alkyl halides is 3. The third-order valence-corrected chi connectivity index (χ3v) is 4.68. The summed E-state index contributed by atoms with van der Waals surface area (Å²) in [6.45, 7) is 2.65. The molecule has 28 heavy (non-hydrogen) atoms. The Labute approximate surface area is 161 Å². The molecule has 1 aliphatic rings. The number of nitrogens with zero attached hydrogens (tertiary/aromatic N) is 1. The molecule has 1 fully saturated rings. The van der Waals surface area contributed by atoms with Crippen molar-refractivity contribution in [2.75, 3.05) is 18.4 Å². The lowest BCUT2D eigenvalue weighted by Crippen LogP contribution is -2.38. The molecule has 1 aliphatic heterocycles. The molecule has 3 rings (SSSR count). The van der Waals surface area contributed by atoms with Crippen molar-refractivity contribution in [1.29, 1.82) is 0 Å². The second-order valence-corrected chi connectivity index (χ2v) is 6.80. The van der Waals surface area contributed by atoms with Gasteiger partial charge in [-0.05, 0) is 30.5 Å². The van der Waals surface area contributed by atoms with Crippen LogP contribution in [0.25, 0.3) is 0 Å². The number of hydrogen-bond donors (Lipinski definition) is 2. The van der Waals surface area contributed by atoms with E-state index in [4.69, 9.17) is 5.73 Å². The highest BCUT2D eigenvalue weighted by atomic mass is 19.4. The molecule has 0 aliphatic carbocycles. The van der Waals surface area contributed by atoms with Crippen LogP contribution in [-0.2, 0) is 6.54 Å². The van der Waals surface area contributed by atoms with Crippen LogP contribution in [0.4, 0.5) is 18.9 Å². The number of nitrogens with one attached hydrogen (secondary N) is 1. The number of piperidine rings is 1. The van der Waals surface area contributed by atoms with Gasteiger partial charge in [0, 0.05) is 37.4 Å². The Balaban J connectivity index is 1.60. The maximum Gasteiger partial charge on any atom is 0.573 e.